The van der Waals surface area contributed by atoms with Crippen molar-refractivity contribution in [3.63, 3.8) is 0 Å². The zero-order valence-corrected chi connectivity index (χ0v) is 13.0. The van der Waals surface area contributed by atoms with Gasteiger partial charge in [-0.05, 0) is 30.2 Å². The lowest BCUT2D eigenvalue weighted by atomic mass is 9.87. The molecule has 112 valence electrons. The molecule has 0 heterocycles. The van der Waals surface area contributed by atoms with Gasteiger partial charge >= 0.3 is 5.97 Å². The second kappa shape index (κ2) is 7.29. The minimum absolute atomic E-state index is 0.0961. The number of nitrogens with one attached hydrogen (secondary N) is 1. The average molecular weight is 279 g/mol. The van der Waals surface area contributed by atoms with E-state index in [1.807, 2.05) is 18.2 Å². The van der Waals surface area contributed by atoms with Gasteiger partial charge < -0.3 is 14.8 Å². The molecule has 0 saturated heterocycles. The molecule has 0 fully saturated rings. The third-order valence-corrected chi connectivity index (χ3v) is 3.21. The smallest absolute Gasteiger partial charge is 0.322 e. The zero-order chi connectivity index (χ0) is 15.2. The topological polar surface area (TPSA) is 47.6 Å². The van der Waals surface area contributed by atoms with Gasteiger partial charge in [-0.25, -0.2) is 0 Å². The Morgan fingerprint density at radius 1 is 1.35 bits per heavy atom. The minimum Gasteiger partial charge on any atom is -0.494 e. The maximum absolute atomic E-state index is 11.4. The molecule has 1 atom stereocenters. The van der Waals surface area contributed by atoms with Gasteiger partial charge in [0.15, 0.2) is 0 Å². The van der Waals surface area contributed by atoms with Crippen LogP contribution in [-0.4, -0.2) is 32.8 Å². The maximum atomic E-state index is 11.4. The van der Waals surface area contributed by atoms with E-state index in [4.69, 9.17) is 9.47 Å². The number of carbonyl (C=O) groups excluding carboxylic acids is 1. The fraction of sp³-hybridized carbons (Fsp3) is 0.562. The molecule has 20 heavy (non-hydrogen) atoms. The van der Waals surface area contributed by atoms with Gasteiger partial charge in [-0.2, -0.15) is 0 Å². The zero-order valence-electron chi connectivity index (χ0n) is 13.0. The second-order valence-corrected chi connectivity index (χ2v) is 5.78. The molecule has 0 aromatic heterocycles. The molecule has 1 rings (SSSR count). The summed E-state index contributed by atoms with van der Waals surface area (Å²) in [6.45, 7) is 6.97. The van der Waals surface area contributed by atoms with Gasteiger partial charge in [0, 0.05) is 6.42 Å². The van der Waals surface area contributed by atoms with Crippen LogP contribution in [-0.2, 0) is 14.9 Å². The summed E-state index contributed by atoms with van der Waals surface area (Å²) < 4.78 is 10.4. The van der Waals surface area contributed by atoms with Crippen LogP contribution < -0.4 is 10.1 Å². The van der Waals surface area contributed by atoms with E-state index in [0.717, 1.165) is 5.75 Å². The predicted molar refractivity (Wildman–Crippen MR) is 80.1 cm³/mol. The van der Waals surface area contributed by atoms with Crippen molar-refractivity contribution in [1.29, 1.82) is 0 Å². The summed E-state index contributed by atoms with van der Waals surface area (Å²) in [5, 5.41) is 2.92. The van der Waals surface area contributed by atoms with Gasteiger partial charge in [0.1, 0.15) is 11.8 Å². The van der Waals surface area contributed by atoms with Crippen molar-refractivity contribution < 1.29 is 14.3 Å². The van der Waals surface area contributed by atoms with Gasteiger partial charge in [0.2, 0.25) is 0 Å². The molecule has 1 unspecified atom stereocenters. The number of benzene rings is 1. The molecule has 0 amide bonds. The Hall–Kier alpha value is -1.55. The summed E-state index contributed by atoms with van der Waals surface area (Å²) >= 11 is 0. The molecule has 0 saturated carbocycles. The molecule has 1 aromatic rings. The van der Waals surface area contributed by atoms with Crippen LogP contribution in [0.5, 0.6) is 5.75 Å². The normalized spacial score (nSPS) is 12.8. The van der Waals surface area contributed by atoms with Crippen LogP contribution in [0.2, 0.25) is 0 Å². The van der Waals surface area contributed by atoms with E-state index in [0.29, 0.717) is 13.0 Å². The van der Waals surface area contributed by atoms with Gasteiger partial charge in [-0.1, -0.05) is 32.9 Å². The Balaban J connectivity index is 2.56. The number of esters is 1. The predicted octanol–water partition coefficient (Wildman–Crippen LogP) is 2.51. The van der Waals surface area contributed by atoms with Crippen molar-refractivity contribution in [2.24, 2.45) is 0 Å². The van der Waals surface area contributed by atoms with E-state index in [-0.39, 0.29) is 17.4 Å². The van der Waals surface area contributed by atoms with E-state index in [1.165, 1.54) is 12.7 Å². The van der Waals surface area contributed by atoms with E-state index in [9.17, 15) is 4.79 Å². The lowest BCUT2D eigenvalue weighted by molar-refractivity contribution is -0.143. The highest BCUT2D eigenvalue weighted by molar-refractivity contribution is 5.75. The third-order valence-electron chi connectivity index (χ3n) is 3.21. The van der Waals surface area contributed by atoms with Crippen LogP contribution in [0.15, 0.2) is 24.3 Å². The summed E-state index contributed by atoms with van der Waals surface area (Å²) in [5.74, 6) is 0.566. The molecule has 4 heteroatoms. The van der Waals surface area contributed by atoms with Crippen LogP contribution in [0.3, 0.4) is 0 Å². The Morgan fingerprint density at radius 2 is 2.05 bits per heavy atom. The molecule has 4 nitrogen and oxygen atoms in total. The van der Waals surface area contributed by atoms with Gasteiger partial charge in [-0.3, -0.25) is 4.79 Å². The van der Waals surface area contributed by atoms with Gasteiger partial charge in [0.25, 0.3) is 0 Å². The first-order valence-electron chi connectivity index (χ1n) is 6.87. The first-order valence-corrected chi connectivity index (χ1v) is 6.87. The highest BCUT2D eigenvalue weighted by Crippen LogP contribution is 2.25. The van der Waals surface area contributed by atoms with E-state index >= 15 is 0 Å². The summed E-state index contributed by atoms with van der Waals surface area (Å²) in [7, 11) is 3.13. The van der Waals surface area contributed by atoms with Crippen LogP contribution in [0, 0.1) is 0 Å². The second-order valence-electron chi connectivity index (χ2n) is 5.78. The van der Waals surface area contributed by atoms with E-state index < -0.39 is 0 Å². The Labute approximate surface area is 121 Å². The largest absolute Gasteiger partial charge is 0.494 e. The SMILES string of the molecule is CNC(CCOc1cccc(C(C)(C)C)c1)C(=O)OC. The molecule has 0 aliphatic rings. The summed E-state index contributed by atoms with van der Waals surface area (Å²) in [5.41, 5.74) is 1.33. The third kappa shape index (κ3) is 4.85. The number of methoxy groups -OCH3 is 1. The maximum Gasteiger partial charge on any atom is 0.322 e. The first-order chi connectivity index (χ1) is 9.38. The first kappa shape index (κ1) is 16.5. The lowest BCUT2D eigenvalue weighted by Gasteiger charge is -2.20. The number of carbonyl (C=O) groups is 1. The molecular weight excluding hydrogens is 254 g/mol. The van der Waals surface area contributed by atoms with Gasteiger partial charge in [-0.15, -0.1) is 0 Å². The van der Waals surface area contributed by atoms with Crippen LogP contribution >= 0.6 is 0 Å². The molecule has 1 N–H and O–H groups in total. The lowest BCUT2D eigenvalue weighted by Crippen LogP contribution is -2.36. The number of hydrogen-bond acceptors (Lipinski definition) is 4. The highest BCUT2D eigenvalue weighted by Gasteiger charge is 2.17. The van der Waals surface area contributed by atoms with Crippen molar-refractivity contribution in [3.8, 4) is 5.75 Å². The van der Waals surface area contributed by atoms with E-state index in [2.05, 4.69) is 32.2 Å². The molecule has 1 aromatic carbocycles. The summed E-state index contributed by atoms with van der Waals surface area (Å²) in [6, 6.07) is 7.74. The highest BCUT2D eigenvalue weighted by atomic mass is 16.5. The molecular formula is C16H25NO3. The number of ether oxygens (including phenoxy) is 2. The van der Waals surface area contributed by atoms with Gasteiger partial charge in [0.05, 0.1) is 13.7 Å². The molecule has 0 bridgehead atoms. The van der Waals surface area contributed by atoms with Crippen molar-refractivity contribution >= 4 is 5.97 Å². The fourth-order valence-electron chi connectivity index (χ4n) is 1.87. The standard InChI is InChI=1S/C16H25NO3/c1-16(2,3)12-7-6-8-13(11-12)20-10-9-14(17-4)15(18)19-5/h6-8,11,14,17H,9-10H2,1-5H3. The number of hydrogen-bond donors (Lipinski definition) is 1. The summed E-state index contributed by atoms with van der Waals surface area (Å²) in [6.07, 6.45) is 0.572. The molecule has 0 aliphatic carbocycles. The van der Waals surface area contributed by atoms with Crippen LogP contribution in [0.1, 0.15) is 32.8 Å². The van der Waals surface area contributed by atoms with Crippen LogP contribution in [0.4, 0.5) is 0 Å². The summed E-state index contributed by atoms with van der Waals surface area (Å²) in [4.78, 5) is 11.4. The Bertz CT molecular complexity index is 438. The molecule has 0 spiro atoms. The Morgan fingerprint density at radius 3 is 2.60 bits per heavy atom. The fourth-order valence-corrected chi connectivity index (χ4v) is 1.87. The van der Waals surface area contributed by atoms with E-state index in [1.54, 1.807) is 7.05 Å². The van der Waals surface area contributed by atoms with Crippen molar-refractivity contribution in [1.82, 2.24) is 5.32 Å². The van der Waals surface area contributed by atoms with Crippen molar-refractivity contribution in [3.05, 3.63) is 29.8 Å². The monoisotopic (exact) mass is 279 g/mol. The molecule has 0 aliphatic heterocycles. The van der Waals surface area contributed by atoms with Crippen molar-refractivity contribution in [2.75, 3.05) is 20.8 Å². The minimum atomic E-state index is -0.328. The number of likely N-dealkylation sites (N-methyl/N-ethyl adjacent to an activating group) is 1. The van der Waals surface area contributed by atoms with Crippen LogP contribution in [0.25, 0.3) is 0 Å². The molecule has 0 radical (unpaired) electrons. The van der Waals surface area contributed by atoms with Crippen molar-refractivity contribution in [2.45, 2.75) is 38.6 Å². The average Bonchev–Trinajstić information content (AvgIpc) is 2.42. The number of rotatable bonds is 6. The quantitative estimate of drug-likeness (QED) is 0.813. The Kier molecular flexibility index (Phi) is 6.02.